The van der Waals surface area contributed by atoms with Crippen LogP contribution in [0.15, 0.2) is 73.3 Å². The molecule has 28 heavy (non-hydrogen) atoms. The fraction of sp³-hybridized carbons (Fsp3) is 0.273. The van der Waals surface area contributed by atoms with Gasteiger partial charge in [-0.1, -0.05) is 73.7 Å². The van der Waals surface area contributed by atoms with Gasteiger partial charge in [0, 0.05) is 6.54 Å². The molecule has 0 aliphatic carbocycles. The van der Waals surface area contributed by atoms with Gasteiger partial charge in [-0.15, -0.1) is 6.58 Å². The minimum absolute atomic E-state index is 0.0706. The molecule has 6 nitrogen and oxygen atoms in total. The predicted octanol–water partition coefficient (Wildman–Crippen LogP) is 4.03. The highest BCUT2D eigenvalue weighted by molar-refractivity contribution is 5.69. The average Bonchev–Trinajstić information content (AvgIpc) is 2.74. The number of nitrogens with one attached hydrogen (secondary N) is 2. The summed E-state index contributed by atoms with van der Waals surface area (Å²) in [5.74, 6) is -0.0706. The Labute approximate surface area is 165 Å². The SMILES string of the molecule is C=C[C@@H](C)[C@@H](CNC(=O)OCc1ccccc1)NC(=O)OCc1ccccc1. The zero-order valence-corrected chi connectivity index (χ0v) is 16.0. The van der Waals surface area contributed by atoms with Gasteiger partial charge in [-0.05, 0) is 17.0 Å². The van der Waals surface area contributed by atoms with Crippen LogP contribution in [-0.4, -0.2) is 24.8 Å². The van der Waals surface area contributed by atoms with Crippen LogP contribution in [0.5, 0.6) is 0 Å². The van der Waals surface area contributed by atoms with Gasteiger partial charge in [0.1, 0.15) is 13.2 Å². The molecule has 0 bridgehead atoms. The number of carbonyl (C=O) groups is 2. The van der Waals surface area contributed by atoms with Gasteiger partial charge in [-0.2, -0.15) is 0 Å². The minimum atomic E-state index is -0.554. The Kier molecular flexibility index (Phi) is 8.59. The van der Waals surface area contributed by atoms with Crippen molar-refractivity contribution in [2.45, 2.75) is 26.2 Å². The van der Waals surface area contributed by atoms with Gasteiger partial charge in [-0.25, -0.2) is 9.59 Å². The lowest BCUT2D eigenvalue weighted by Gasteiger charge is -2.23. The van der Waals surface area contributed by atoms with E-state index >= 15 is 0 Å². The summed E-state index contributed by atoms with van der Waals surface area (Å²) in [7, 11) is 0. The molecule has 2 rings (SSSR count). The maximum absolute atomic E-state index is 12.1. The Morgan fingerprint density at radius 1 is 0.929 bits per heavy atom. The van der Waals surface area contributed by atoms with Crippen molar-refractivity contribution in [3.8, 4) is 0 Å². The molecule has 0 saturated carbocycles. The summed E-state index contributed by atoms with van der Waals surface area (Å²) in [6.45, 7) is 6.20. The van der Waals surface area contributed by atoms with Gasteiger partial charge in [-0.3, -0.25) is 0 Å². The Hall–Kier alpha value is -3.28. The van der Waals surface area contributed by atoms with Gasteiger partial charge >= 0.3 is 12.2 Å². The Morgan fingerprint density at radius 2 is 1.43 bits per heavy atom. The lowest BCUT2D eigenvalue weighted by Crippen LogP contribution is -2.47. The van der Waals surface area contributed by atoms with E-state index in [0.29, 0.717) is 0 Å². The van der Waals surface area contributed by atoms with Crippen molar-refractivity contribution in [2.75, 3.05) is 6.54 Å². The quantitative estimate of drug-likeness (QED) is 0.642. The van der Waals surface area contributed by atoms with E-state index in [1.54, 1.807) is 6.08 Å². The summed E-state index contributed by atoms with van der Waals surface area (Å²) >= 11 is 0. The first-order valence-electron chi connectivity index (χ1n) is 9.13. The van der Waals surface area contributed by atoms with E-state index in [-0.39, 0.29) is 31.7 Å². The van der Waals surface area contributed by atoms with Crippen molar-refractivity contribution in [1.82, 2.24) is 10.6 Å². The van der Waals surface area contributed by atoms with Gasteiger partial charge in [0.25, 0.3) is 0 Å². The number of alkyl carbamates (subject to hydrolysis) is 2. The topological polar surface area (TPSA) is 76.7 Å². The van der Waals surface area contributed by atoms with E-state index in [0.717, 1.165) is 11.1 Å². The third-order valence-electron chi connectivity index (χ3n) is 4.20. The predicted molar refractivity (Wildman–Crippen MR) is 108 cm³/mol. The van der Waals surface area contributed by atoms with Crippen LogP contribution < -0.4 is 10.6 Å². The molecule has 2 aromatic rings. The summed E-state index contributed by atoms with van der Waals surface area (Å²) < 4.78 is 10.4. The second kappa shape index (κ2) is 11.4. The van der Waals surface area contributed by atoms with Crippen molar-refractivity contribution in [3.05, 3.63) is 84.4 Å². The summed E-state index contributed by atoms with van der Waals surface area (Å²) in [5, 5.41) is 5.43. The van der Waals surface area contributed by atoms with Gasteiger partial charge in [0.15, 0.2) is 0 Å². The normalized spacial score (nSPS) is 12.3. The molecule has 0 radical (unpaired) electrons. The first-order valence-corrected chi connectivity index (χ1v) is 9.13. The number of hydrogen-bond donors (Lipinski definition) is 2. The Bertz CT molecular complexity index is 750. The number of benzene rings is 2. The largest absolute Gasteiger partial charge is 0.445 e. The number of carbonyl (C=O) groups excluding carboxylic acids is 2. The van der Waals surface area contributed by atoms with E-state index < -0.39 is 12.2 Å². The zero-order chi connectivity index (χ0) is 20.2. The minimum Gasteiger partial charge on any atom is -0.445 e. The fourth-order valence-electron chi connectivity index (χ4n) is 2.42. The first kappa shape index (κ1) is 21.0. The summed E-state index contributed by atoms with van der Waals surface area (Å²) in [4.78, 5) is 24.0. The summed E-state index contributed by atoms with van der Waals surface area (Å²) in [5.41, 5.74) is 1.80. The molecule has 0 spiro atoms. The van der Waals surface area contributed by atoms with Crippen LogP contribution in [0.25, 0.3) is 0 Å². The monoisotopic (exact) mass is 382 g/mol. The van der Waals surface area contributed by atoms with Gasteiger partial charge in [0.05, 0.1) is 6.04 Å². The van der Waals surface area contributed by atoms with Crippen LogP contribution in [0.3, 0.4) is 0 Å². The van der Waals surface area contributed by atoms with E-state index in [2.05, 4.69) is 17.2 Å². The molecule has 2 amide bonds. The summed E-state index contributed by atoms with van der Waals surface area (Å²) in [6, 6.07) is 18.4. The second-order valence-corrected chi connectivity index (χ2v) is 6.35. The number of ether oxygens (including phenoxy) is 2. The van der Waals surface area contributed by atoms with Crippen LogP contribution in [0.4, 0.5) is 9.59 Å². The molecule has 0 saturated heterocycles. The molecule has 2 N–H and O–H groups in total. The molecule has 2 atom stereocenters. The maximum atomic E-state index is 12.1. The highest BCUT2D eigenvalue weighted by atomic mass is 16.6. The van der Waals surface area contributed by atoms with Crippen molar-refractivity contribution >= 4 is 12.2 Å². The highest BCUT2D eigenvalue weighted by Crippen LogP contribution is 2.06. The van der Waals surface area contributed by atoms with Crippen molar-refractivity contribution < 1.29 is 19.1 Å². The molecule has 0 aromatic heterocycles. The third-order valence-corrected chi connectivity index (χ3v) is 4.20. The maximum Gasteiger partial charge on any atom is 0.407 e. The Balaban J connectivity index is 1.77. The molecular formula is C22H26N2O4. The molecule has 0 heterocycles. The number of amides is 2. The molecule has 6 heteroatoms. The lowest BCUT2D eigenvalue weighted by molar-refractivity contribution is 0.128. The molecule has 2 aromatic carbocycles. The summed E-state index contributed by atoms with van der Waals surface area (Å²) in [6.07, 6.45) is 0.602. The van der Waals surface area contributed by atoms with Crippen molar-refractivity contribution in [1.29, 1.82) is 0 Å². The van der Waals surface area contributed by atoms with E-state index in [1.165, 1.54) is 0 Å². The third kappa shape index (κ3) is 7.53. The van der Waals surface area contributed by atoms with Gasteiger partial charge in [0.2, 0.25) is 0 Å². The van der Waals surface area contributed by atoms with E-state index in [9.17, 15) is 9.59 Å². The van der Waals surface area contributed by atoms with Crippen LogP contribution in [0.2, 0.25) is 0 Å². The average molecular weight is 382 g/mol. The number of hydrogen-bond acceptors (Lipinski definition) is 4. The molecule has 0 aliphatic heterocycles. The number of rotatable bonds is 9. The first-order chi connectivity index (χ1) is 13.6. The zero-order valence-electron chi connectivity index (χ0n) is 16.0. The van der Waals surface area contributed by atoms with Crippen molar-refractivity contribution in [2.24, 2.45) is 5.92 Å². The molecule has 0 fully saturated rings. The Morgan fingerprint density at radius 3 is 1.93 bits per heavy atom. The van der Waals surface area contributed by atoms with Crippen LogP contribution in [0, 0.1) is 5.92 Å². The van der Waals surface area contributed by atoms with Crippen molar-refractivity contribution in [3.63, 3.8) is 0 Å². The fourth-order valence-corrected chi connectivity index (χ4v) is 2.42. The van der Waals surface area contributed by atoms with Crippen LogP contribution in [-0.2, 0) is 22.7 Å². The molecule has 148 valence electrons. The standard InChI is InChI=1S/C22H26N2O4/c1-3-17(2)20(24-22(26)28-16-19-12-8-5-9-13-19)14-23-21(25)27-15-18-10-6-4-7-11-18/h3-13,17,20H,1,14-16H2,2H3,(H,23,25)(H,24,26)/t17-,20-/m1/s1. The van der Waals surface area contributed by atoms with E-state index in [4.69, 9.17) is 9.47 Å². The van der Waals surface area contributed by atoms with Crippen LogP contribution in [0.1, 0.15) is 18.1 Å². The molecule has 0 unspecified atom stereocenters. The van der Waals surface area contributed by atoms with Gasteiger partial charge < -0.3 is 20.1 Å². The highest BCUT2D eigenvalue weighted by Gasteiger charge is 2.19. The lowest BCUT2D eigenvalue weighted by atomic mass is 10.0. The molecule has 0 aliphatic rings. The smallest absolute Gasteiger partial charge is 0.407 e. The molecular weight excluding hydrogens is 356 g/mol. The van der Waals surface area contributed by atoms with E-state index in [1.807, 2.05) is 67.6 Å². The van der Waals surface area contributed by atoms with Crippen LogP contribution >= 0.6 is 0 Å². The second-order valence-electron chi connectivity index (χ2n) is 6.35.